The van der Waals surface area contributed by atoms with E-state index in [1.165, 1.54) is 10.8 Å². The number of carbonyl (C=O) groups excluding carboxylic acids is 1. The van der Waals surface area contributed by atoms with Gasteiger partial charge in [0.1, 0.15) is 0 Å². The molecule has 0 bridgehead atoms. The smallest absolute Gasteiger partial charge is 0.221 e. The van der Waals surface area contributed by atoms with E-state index in [4.69, 9.17) is 0 Å². The third-order valence-electron chi connectivity index (χ3n) is 3.05. The van der Waals surface area contributed by atoms with Crippen LogP contribution in [0.5, 0.6) is 0 Å². The normalized spacial score (nSPS) is 11.4. The Morgan fingerprint density at radius 3 is 2.32 bits per heavy atom. The molecular formula is C15H26N2OSi. The molecule has 19 heavy (non-hydrogen) atoms. The average molecular weight is 278 g/mol. The molecule has 0 aliphatic carbocycles. The highest BCUT2D eigenvalue weighted by atomic mass is 28.3. The first-order valence-corrected chi connectivity index (χ1v) is 10.5. The summed E-state index contributed by atoms with van der Waals surface area (Å²) in [6.45, 7) is 11.3. The SMILES string of the molecule is CCNC(=O)CCNCc1ccc([Si](C)(C)C)cc1. The van der Waals surface area contributed by atoms with Gasteiger partial charge in [0, 0.05) is 26.1 Å². The second-order valence-corrected chi connectivity index (χ2v) is 10.9. The van der Waals surface area contributed by atoms with Crippen LogP contribution in [0.1, 0.15) is 18.9 Å². The number of carbonyl (C=O) groups is 1. The Bertz CT molecular complexity index is 396. The lowest BCUT2D eigenvalue weighted by molar-refractivity contribution is -0.120. The largest absolute Gasteiger partial charge is 0.356 e. The van der Waals surface area contributed by atoms with Gasteiger partial charge in [-0.05, 0) is 12.5 Å². The zero-order valence-corrected chi connectivity index (χ0v) is 13.5. The molecule has 0 heterocycles. The van der Waals surface area contributed by atoms with Crippen LogP contribution in [-0.2, 0) is 11.3 Å². The summed E-state index contributed by atoms with van der Waals surface area (Å²) in [4.78, 5) is 11.3. The van der Waals surface area contributed by atoms with Crippen molar-refractivity contribution in [2.75, 3.05) is 13.1 Å². The molecule has 0 radical (unpaired) electrons. The van der Waals surface area contributed by atoms with Crippen LogP contribution in [0.2, 0.25) is 19.6 Å². The number of nitrogens with one attached hydrogen (secondary N) is 2. The third-order valence-corrected chi connectivity index (χ3v) is 5.12. The molecule has 0 atom stereocenters. The van der Waals surface area contributed by atoms with Crippen molar-refractivity contribution in [3.05, 3.63) is 29.8 Å². The highest BCUT2D eigenvalue weighted by Gasteiger charge is 2.15. The maximum Gasteiger partial charge on any atom is 0.221 e. The minimum atomic E-state index is -1.19. The molecule has 0 saturated heterocycles. The fourth-order valence-corrected chi connectivity index (χ4v) is 3.01. The molecule has 0 aliphatic rings. The van der Waals surface area contributed by atoms with Crippen molar-refractivity contribution in [2.24, 2.45) is 0 Å². The molecule has 0 unspecified atom stereocenters. The zero-order chi connectivity index (χ0) is 14.3. The van der Waals surface area contributed by atoms with E-state index < -0.39 is 8.07 Å². The van der Waals surface area contributed by atoms with E-state index in [0.29, 0.717) is 13.0 Å². The first-order chi connectivity index (χ1) is 8.93. The van der Waals surface area contributed by atoms with Crippen molar-refractivity contribution >= 4 is 19.2 Å². The van der Waals surface area contributed by atoms with Gasteiger partial charge in [-0.25, -0.2) is 0 Å². The van der Waals surface area contributed by atoms with Crippen LogP contribution >= 0.6 is 0 Å². The van der Waals surface area contributed by atoms with Crippen LogP contribution in [0.15, 0.2) is 24.3 Å². The predicted molar refractivity (Wildman–Crippen MR) is 84.4 cm³/mol. The quantitative estimate of drug-likeness (QED) is 0.590. The van der Waals surface area contributed by atoms with Gasteiger partial charge in [-0.15, -0.1) is 0 Å². The zero-order valence-electron chi connectivity index (χ0n) is 12.5. The van der Waals surface area contributed by atoms with Crippen LogP contribution < -0.4 is 15.8 Å². The van der Waals surface area contributed by atoms with Gasteiger partial charge in [-0.1, -0.05) is 49.1 Å². The van der Waals surface area contributed by atoms with E-state index in [-0.39, 0.29) is 5.91 Å². The van der Waals surface area contributed by atoms with Crippen LogP contribution in [0.3, 0.4) is 0 Å². The van der Waals surface area contributed by atoms with Gasteiger partial charge < -0.3 is 10.6 Å². The van der Waals surface area contributed by atoms with E-state index in [0.717, 1.165) is 13.1 Å². The molecule has 0 aromatic heterocycles. The van der Waals surface area contributed by atoms with E-state index in [2.05, 4.69) is 54.5 Å². The molecule has 1 aromatic carbocycles. The fraction of sp³-hybridized carbons (Fsp3) is 0.533. The summed E-state index contributed by atoms with van der Waals surface area (Å²) < 4.78 is 0. The Morgan fingerprint density at radius 2 is 1.79 bits per heavy atom. The van der Waals surface area contributed by atoms with Gasteiger partial charge in [0.15, 0.2) is 0 Å². The van der Waals surface area contributed by atoms with E-state index in [1.807, 2.05) is 6.92 Å². The van der Waals surface area contributed by atoms with Gasteiger partial charge in [0.2, 0.25) is 5.91 Å². The van der Waals surface area contributed by atoms with Crippen molar-refractivity contribution < 1.29 is 4.79 Å². The summed E-state index contributed by atoms with van der Waals surface area (Å²) >= 11 is 0. The lowest BCUT2D eigenvalue weighted by Crippen LogP contribution is -2.37. The Balaban J connectivity index is 2.33. The molecule has 0 aliphatic heterocycles. The van der Waals surface area contributed by atoms with E-state index in [9.17, 15) is 4.79 Å². The minimum Gasteiger partial charge on any atom is -0.356 e. The van der Waals surface area contributed by atoms with Gasteiger partial charge in [0.25, 0.3) is 0 Å². The van der Waals surface area contributed by atoms with Crippen LogP contribution in [-0.4, -0.2) is 27.1 Å². The highest BCUT2D eigenvalue weighted by Crippen LogP contribution is 2.04. The molecule has 3 nitrogen and oxygen atoms in total. The molecule has 0 saturated carbocycles. The van der Waals surface area contributed by atoms with Crippen molar-refractivity contribution in [3.63, 3.8) is 0 Å². The van der Waals surface area contributed by atoms with Crippen molar-refractivity contribution in [1.82, 2.24) is 10.6 Å². The summed E-state index contributed by atoms with van der Waals surface area (Å²) in [5.74, 6) is 0.115. The highest BCUT2D eigenvalue weighted by molar-refractivity contribution is 6.88. The number of hydrogen-bond donors (Lipinski definition) is 2. The van der Waals surface area contributed by atoms with Gasteiger partial charge in [-0.2, -0.15) is 0 Å². The number of rotatable bonds is 7. The van der Waals surface area contributed by atoms with Crippen LogP contribution in [0, 0.1) is 0 Å². The molecule has 0 spiro atoms. The summed E-state index contributed by atoms with van der Waals surface area (Å²) in [6, 6.07) is 8.86. The maximum absolute atomic E-state index is 11.3. The van der Waals surface area contributed by atoms with Gasteiger partial charge >= 0.3 is 0 Å². The Morgan fingerprint density at radius 1 is 1.16 bits per heavy atom. The molecule has 2 N–H and O–H groups in total. The van der Waals surface area contributed by atoms with E-state index >= 15 is 0 Å². The molecule has 4 heteroatoms. The van der Waals surface area contributed by atoms with Crippen LogP contribution in [0.25, 0.3) is 0 Å². The van der Waals surface area contributed by atoms with E-state index in [1.54, 1.807) is 0 Å². The predicted octanol–water partition coefficient (Wildman–Crippen LogP) is 1.85. The Hall–Kier alpha value is -1.13. The maximum atomic E-state index is 11.3. The lowest BCUT2D eigenvalue weighted by Gasteiger charge is -2.16. The third kappa shape index (κ3) is 6.03. The summed E-state index contributed by atoms with van der Waals surface area (Å²) in [5.41, 5.74) is 1.28. The monoisotopic (exact) mass is 278 g/mol. The molecule has 1 aromatic rings. The fourth-order valence-electron chi connectivity index (χ4n) is 1.84. The van der Waals surface area contributed by atoms with Crippen molar-refractivity contribution in [2.45, 2.75) is 39.5 Å². The molecule has 1 rings (SSSR count). The van der Waals surface area contributed by atoms with Gasteiger partial charge in [0.05, 0.1) is 8.07 Å². The molecule has 106 valence electrons. The second-order valence-electron chi connectivity index (χ2n) is 5.83. The van der Waals surface area contributed by atoms with Crippen molar-refractivity contribution in [1.29, 1.82) is 0 Å². The standard InChI is InChI=1S/C15H26N2OSi/c1-5-17-15(18)10-11-16-12-13-6-8-14(9-7-13)19(2,3)4/h6-9,16H,5,10-12H2,1-4H3,(H,17,18). The molecular weight excluding hydrogens is 252 g/mol. The number of benzene rings is 1. The number of hydrogen-bond acceptors (Lipinski definition) is 2. The molecule has 0 fully saturated rings. The second kappa shape index (κ2) is 7.45. The first kappa shape index (κ1) is 15.9. The lowest BCUT2D eigenvalue weighted by atomic mass is 10.2. The van der Waals surface area contributed by atoms with Crippen LogP contribution in [0.4, 0.5) is 0 Å². The molecule has 1 amide bonds. The Kier molecular flexibility index (Phi) is 6.25. The summed E-state index contributed by atoms with van der Waals surface area (Å²) in [5, 5.41) is 7.58. The Labute approximate surface area is 117 Å². The average Bonchev–Trinajstić information content (AvgIpc) is 2.34. The summed E-state index contributed by atoms with van der Waals surface area (Å²) in [7, 11) is -1.19. The van der Waals surface area contributed by atoms with Crippen molar-refractivity contribution in [3.8, 4) is 0 Å². The summed E-state index contributed by atoms with van der Waals surface area (Å²) in [6.07, 6.45) is 0.542. The minimum absolute atomic E-state index is 0.115. The first-order valence-electron chi connectivity index (χ1n) is 7.00. The van der Waals surface area contributed by atoms with Gasteiger partial charge in [-0.3, -0.25) is 4.79 Å². The topological polar surface area (TPSA) is 41.1 Å². The number of amides is 1.